The number of ether oxygens (including phenoxy) is 2. The van der Waals surface area contributed by atoms with Gasteiger partial charge in [0.15, 0.2) is 0 Å². The van der Waals surface area contributed by atoms with Crippen molar-refractivity contribution >= 4 is 12.0 Å². The number of methoxy groups -OCH3 is 1. The smallest absolute Gasteiger partial charge is 0.410 e. The van der Waals surface area contributed by atoms with E-state index in [4.69, 9.17) is 9.47 Å². The van der Waals surface area contributed by atoms with Crippen molar-refractivity contribution in [1.82, 2.24) is 10.2 Å². The molecule has 0 radical (unpaired) electrons. The Morgan fingerprint density at radius 3 is 2.63 bits per heavy atom. The van der Waals surface area contributed by atoms with E-state index in [0.29, 0.717) is 13.0 Å². The van der Waals surface area contributed by atoms with Gasteiger partial charge in [-0.3, -0.25) is 4.79 Å². The predicted octanol–water partition coefficient (Wildman–Crippen LogP) is 1.50. The highest BCUT2D eigenvalue weighted by Crippen LogP contribution is 2.22. The summed E-state index contributed by atoms with van der Waals surface area (Å²) in [6, 6.07) is -0.0771. The molecule has 1 fully saturated rings. The number of hydrogen-bond donors (Lipinski definition) is 1. The molecule has 0 aromatic rings. The van der Waals surface area contributed by atoms with Gasteiger partial charge in [0.2, 0.25) is 5.91 Å². The molecule has 6 heteroatoms. The first-order valence-corrected chi connectivity index (χ1v) is 6.59. The zero-order chi connectivity index (χ0) is 14.5. The summed E-state index contributed by atoms with van der Waals surface area (Å²) in [5.41, 5.74) is -0.511. The summed E-state index contributed by atoms with van der Waals surface area (Å²) in [5, 5.41) is 2.63. The molecule has 0 aromatic carbocycles. The molecule has 1 heterocycles. The second kappa shape index (κ2) is 6.75. The molecule has 1 N–H and O–H groups in total. The summed E-state index contributed by atoms with van der Waals surface area (Å²) < 4.78 is 10.1. The highest BCUT2D eigenvalue weighted by Gasteiger charge is 2.33. The first-order chi connectivity index (χ1) is 8.83. The van der Waals surface area contributed by atoms with E-state index in [1.165, 1.54) is 7.11 Å². The van der Waals surface area contributed by atoms with Gasteiger partial charge in [-0.1, -0.05) is 0 Å². The van der Waals surface area contributed by atoms with Gasteiger partial charge < -0.3 is 19.7 Å². The first-order valence-electron chi connectivity index (χ1n) is 6.59. The third-order valence-electron chi connectivity index (χ3n) is 2.84. The fourth-order valence-electron chi connectivity index (χ4n) is 2.05. The predicted molar refractivity (Wildman–Crippen MR) is 70.6 cm³/mol. The number of rotatable bonds is 4. The van der Waals surface area contributed by atoms with E-state index in [1.54, 1.807) is 4.90 Å². The number of amides is 2. The number of carbonyl (C=O) groups is 2. The van der Waals surface area contributed by atoms with E-state index >= 15 is 0 Å². The lowest BCUT2D eigenvalue weighted by molar-refractivity contribution is -0.123. The number of likely N-dealkylation sites (tertiary alicyclic amines) is 1. The average Bonchev–Trinajstić information content (AvgIpc) is 2.72. The lowest BCUT2D eigenvalue weighted by Gasteiger charge is -2.28. The van der Waals surface area contributed by atoms with Gasteiger partial charge in [-0.15, -0.1) is 0 Å². The van der Waals surface area contributed by atoms with E-state index in [-0.39, 0.29) is 24.8 Å². The fourth-order valence-corrected chi connectivity index (χ4v) is 2.05. The van der Waals surface area contributed by atoms with E-state index in [1.807, 2.05) is 20.8 Å². The number of carbonyl (C=O) groups excluding carboxylic acids is 2. The normalized spacial score (nSPS) is 19.4. The molecule has 0 aromatic heterocycles. The van der Waals surface area contributed by atoms with E-state index in [9.17, 15) is 9.59 Å². The Bertz CT molecular complexity index is 325. The molecular formula is C13H24N2O4. The molecule has 0 saturated carbocycles. The lowest BCUT2D eigenvalue weighted by Crippen LogP contribution is -2.42. The maximum absolute atomic E-state index is 12.0. The molecule has 1 atom stereocenters. The summed E-state index contributed by atoms with van der Waals surface area (Å²) in [7, 11) is 1.52. The van der Waals surface area contributed by atoms with Crippen molar-refractivity contribution in [1.29, 1.82) is 0 Å². The van der Waals surface area contributed by atoms with Crippen molar-refractivity contribution in [2.75, 3.05) is 20.4 Å². The highest BCUT2D eigenvalue weighted by molar-refractivity contribution is 5.77. The molecule has 110 valence electrons. The Kier molecular flexibility index (Phi) is 5.60. The van der Waals surface area contributed by atoms with E-state index in [0.717, 1.165) is 12.8 Å². The van der Waals surface area contributed by atoms with Crippen LogP contribution in [0.4, 0.5) is 4.79 Å². The van der Waals surface area contributed by atoms with Crippen molar-refractivity contribution in [2.45, 2.75) is 51.7 Å². The van der Waals surface area contributed by atoms with Crippen molar-refractivity contribution < 1.29 is 19.1 Å². The zero-order valence-corrected chi connectivity index (χ0v) is 12.2. The van der Waals surface area contributed by atoms with Crippen LogP contribution in [0.25, 0.3) is 0 Å². The van der Waals surface area contributed by atoms with Crippen LogP contribution < -0.4 is 5.32 Å². The second-order valence-electron chi connectivity index (χ2n) is 5.71. The van der Waals surface area contributed by atoms with Crippen molar-refractivity contribution in [3.8, 4) is 0 Å². The summed E-state index contributed by atoms with van der Waals surface area (Å²) in [6.07, 6.45) is 1.69. The van der Waals surface area contributed by atoms with Crippen molar-refractivity contribution in [3.05, 3.63) is 0 Å². The second-order valence-corrected chi connectivity index (χ2v) is 5.71. The Balaban J connectivity index is 2.49. The van der Waals surface area contributed by atoms with E-state index in [2.05, 4.69) is 5.32 Å². The molecule has 2 amide bonds. The van der Waals surface area contributed by atoms with Gasteiger partial charge in [0, 0.05) is 26.1 Å². The van der Waals surface area contributed by atoms with Crippen LogP contribution in [0.5, 0.6) is 0 Å². The molecule has 6 nitrogen and oxygen atoms in total. The van der Waals surface area contributed by atoms with Crippen LogP contribution >= 0.6 is 0 Å². The van der Waals surface area contributed by atoms with Crippen LogP contribution in [0.1, 0.15) is 40.0 Å². The zero-order valence-electron chi connectivity index (χ0n) is 12.2. The van der Waals surface area contributed by atoms with Crippen LogP contribution in [0.15, 0.2) is 0 Å². The topological polar surface area (TPSA) is 67.9 Å². The van der Waals surface area contributed by atoms with Gasteiger partial charge >= 0.3 is 6.09 Å². The maximum Gasteiger partial charge on any atom is 0.410 e. The Morgan fingerprint density at radius 1 is 1.37 bits per heavy atom. The van der Waals surface area contributed by atoms with Crippen molar-refractivity contribution in [3.63, 3.8) is 0 Å². The Labute approximate surface area is 114 Å². The minimum atomic E-state index is -0.511. The molecule has 1 aliphatic rings. The molecule has 1 saturated heterocycles. The van der Waals surface area contributed by atoms with E-state index < -0.39 is 5.60 Å². The van der Waals surface area contributed by atoms with Crippen LogP contribution in [0.2, 0.25) is 0 Å². The monoisotopic (exact) mass is 272 g/mol. The number of hydrogen-bond acceptors (Lipinski definition) is 4. The molecule has 0 aliphatic carbocycles. The van der Waals surface area contributed by atoms with Crippen molar-refractivity contribution in [2.24, 2.45) is 0 Å². The van der Waals surface area contributed by atoms with Crippen LogP contribution in [-0.2, 0) is 14.3 Å². The largest absolute Gasteiger partial charge is 0.444 e. The summed E-state index contributed by atoms with van der Waals surface area (Å²) in [6.45, 7) is 6.35. The fraction of sp³-hybridized carbons (Fsp3) is 0.846. The minimum absolute atomic E-state index is 0.0771. The first kappa shape index (κ1) is 15.8. The maximum atomic E-state index is 12.0. The average molecular weight is 272 g/mol. The summed E-state index contributed by atoms with van der Waals surface area (Å²) in [5.74, 6) is -0.109. The van der Waals surface area contributed by atoms with Gasteiger partial charge in [0.25, 0.3) is 0 Å². The Morgan fingerprint density at radius 2 is 2.05 bits per heavy atom. The summed E-state index contributed by atoms with van der Waals surface area (Å²) in [4.78, 5) is 25.3. The van der Waals surface area contributed by atoms with Crippen LogP contribution in [-0.4, -0.2) is 48.9 Å². The third kappa shape index (κ3) is 5.46. The quantitative estimate of drug-likeness (QED) is 0.787. The number of nitrogens with one attached hydrogen (secondary N) is 1. The highest BCUT2D eigenvalue weighted by atomic mass is 16.6. The van der Waals surface area contributed by atoms with Crippen LogP contribution in [0.3, 0.4) is 0 Å². The molecule has 0 spiro atoms. The van der Waals surface area contributed by atoms with Gasteiger partial charge in [-0.2, -0.15) is 0 Å². The van der Waals surface area contributed by atoms with Gasteiger partial charge in [0.1, 0.15) is 12.3 Å². The molecule has 1 rings (SSSR count). The van der Waals surface area contributed by atoms with Gasteiger partial charge in [-0.25, -0.2) is 4.79 Å². The standard InChI is InChI=1S/C13H24N2O4/c1-13(2,3)19-12(17)15-7-5-6-10(15)8-11(16)14-9-18-4/h10H,5-9H2,1-4H3,(H,14,16)/t10-/m0/s1. The van der Waals surface area contributed by atoms with Crippen LogP contribution in [0, 0.1) is 0 Å². The number of nitrogens with zero attached hydrogens (tertiary/aromatic N) is 1. The molecule has 19 heavy (non-hydrogen) atoms. The van der Waals surface area contributed by atoms with Gasteiger partial charge in [-0.05, 0) is 33.6 Å². The minimum Gasteiger partial charge on any atom is -0.444 e. The van der Waals surface area contributed by atoms with Gasteiger partial charge in [0.05, 0.1) is 0 Å². The Hall–Kier alpha value is -1.30. The lowest BCUT2D eigenvalue weighted by atomic mass is 10.1. The SMILES string of the molecule is COCNC(=O)C[C@@H]1CCCN1C(=O)OC(C)(C)C. The molecule has 1 aliphatic heterocycles. The summed E-state index contributed by atoms with van der Waals surface area (Å²) >= 11 is 0. The molecule has 0 bridgehead atoms. The molecule has 0 unspecified atom stereocenters. The molecular weight excluding hydrogens is 248 g/mol. The third-order valence-corrected chi connectivity index (χ3v) is 2.84.